The molecule has 2 aromatic rings. The summed E-state index contributed by atoms with van der Waals surface area (Å²) in [4.78, 5) is 19.1. The summed E-state index contributed by atoms with van der Waals surface area (Å²) >= 11 is 0. The Morgan fingerprint density at radius 1 is 1.19 bits per heavy atom. The molecule has 1 aromatic carbocycles. The van der Waals surface area contributed by atoms with E-state index in [0.29, 0.717) is 6.42 Å². The van der Waals surface area contributed by atoms with Crippen molar-refractivity contribution in [3.63, 3.8) is 0 Å². The highest BCUT2D eigenvalue weighted by Crippen LogP contribution is 2.39. The lowest BCUT2D eigenvalue weighted by Gasteiger charge is -2.34. The average Bonchev–Trinajstić information content (AvgIpc) is 3.48. The van der Waals surface area contributed by atoms with E-state index < -0.39 is 0 Å². The van der Waals surface area contributed by atoms with Gasteiger partial charge in [0, 0.05) is 25.3 Å². The van der Waals surface area contributed by atoms with Crippen LogP contribution < -0.4 is 10.2 Å². The molecule has 0 spiro atoms. The van der Waals surface area contributed by atoms with Crippen LogP contribution in [0, 0.1) is 6.92 Å². The SMILES string of the molecule is Cc1cncc(N2CCC[C@@H](NC(=O)Cc3ccc(C4CC4)cc3)C2)c1. The number of hydrogen-bond donors (Lipinski definition) is 1. The summed E-state index contributed by atoms with van der Waals surface area (Å²) in [5.74, 6) is 0.889. The van der Waals surface area contributed by atoms with Crippen LogP contribution in [0.3, 0.4) is 0 Å². The van der Waals surface area contributed by atoms with Gasteiger partial charge in [-0.2, -0.15) is 0 Å². The van der Waals surface area contributed by atoms with Crippen molar-refractivity contribution >= 4 is 11.6 Å². The molecule has 1 N–H and O–H groups in total. The van der Waals surface area contributed by atoms with E-state index >= 15 is 0 Å². The van der Waals surface area contributed by atoms with Crippen LogP contribution in [0.4, 0.5) is 5.69 Å². The van der Waals surface area contributed by atoms with Gasteiger partial charge in [-0.3, -0.25) is 9.78 Å². The van der Waals surface area contributed by atoms with E-state index in [1.807, 2.05) is 12.4 Å². The highest BCUT2D eigenvalue weighted by Gasteiger charge is 2.24. The fourth-order valence-corrected chi connectivity index (χ4v) is 3.83. The molecule has 2 fully saturated rings. The minimum absolute atomic E-state index is 0.124. The Kier molecular flexibility index (Phi) is 4.91. The van der Waals surface area contributed by atoms with Crippen LogP contribution in [0.5, 0.6) is 0 Å². The van der Waals surface area contributed by atoms with Gasteiger partial charge >= 0.3 is 0 Å². The summed E-state index contributed by atoms with van der Waals surface area (Å²) in [5, 5.41) is 3.23. The third kappa shape index (κ3) is 4.24. The van der Waals surface area contributed by atoms with Crippen molar-refractivity contribution in [2.24, 2.45) is 0 Å². The van der Waals surface area contributed by atoms with Crippen LogP contribution in [0.1, 0.15) is 48.3 Å². The minimum Gasteiger partial charge on any atom is -0.368 e. The van der Waals surface area contributed by atoms with Gasteiger partial charge in [-0.05, 0) is 61.3 Å². The zero-order valence-electron chi connectivity index (χ0n) is 15.4. The summed E-state index contributed by atoms with van der Waals surface area (Å²) in [6, 6.07) is 11.0. The summed E-state index contributed by atoms with van der Waals surface area (Å²) in [6.07, 6.45) is 9.02. The molecule has 0 bridgehead atoms. The van der Waals surface area contributed by atoms with Crippen molar-refractivity contribution in [2.45, 2.75) is 51.0 Å². The number of aryl methyl sites for hydroxylation is 1. The molecule has 136 valence electrons. The molecule has 1 amide bonds. The molecule has 1 saturated carbocycles. The standard InChI is InChI=1S/C22H27N3O/c1-16-11-21(14-23-13-16)25-10-2-3-20(15-25)24-22(26)12-17-4-6-18(7-5-17)19-8-9-19/h4-7,11,13-14,19-20H,2-3,8-10,12,15H2,1H3,(H,24,26)/t20-/m1/s1. The molecule has 0 radical (unpaired) electrons. The predicted octanol–water partition coefficient (Wildman–Crippen LogP) is 3.60. The molecule has 1 atom stereocenters. The van der Waals surface area contributed by atoms with Crippen molar-refractivity contribution in [3.8, 4) is 0 Å². The Hall–Kier alpha value is -2.36. The normalized spacial score (nSPS) is 20.0. The van der Waals surface area contributed by atoms with Gasteiger partial charge in [-0.1, -0.05) is 24.3 Å². The maximum atomic E-state index is 12.5. The van der Waals surface area contributed by atoms with Crippen molar-refractivity contribution in [1.82, 2.24) is 10.3 Å². The van der Waals surface area contributed by atoms with E-state index in [-0.39, 0.29) is 11.9 Å². The van der Waals surface area contributed by atoms with Gasteiger partial charge < -0.3 is 10.2 Å². The number of nitrogens with zero attached hydrogens (tertiary/aromatic N) is 2. The number of carbonyl (C=O) groups excluding carboxylic acids is 1. The lowest BCUT2D eigenvalue weighted by Crippen LogP contribution is -2.48. The first-order valence-electron chi connectivity index (χ1n) is 9.72. The molecule has 1 aromatic heterocycles. The zero-order chi connectivity index (χ0) is 17.9. The predicted molar refractivity (Wildman–Crippen MR) is 104 cm³/mol. The van der Waals surface area contributed by atoms with Gasteiger partial charge in [0.25, 0.3) is 0 Å². The quantitative estimate of drug-likeness (QED) is 0.897. The summed E-state index contributed by atoms with van der Waals surface area (Å²) < 4.78 is 0. The number of aromatic nitrogens is 1. The maximum absolute atomic E-state index is 12.5. The monoisotopic (exact) mass is 349 g/mol. The molecular formula is C22H27N3O. The number of benzene rings is 1. The Morgan fingerprint density at radius 3 is 2.73 bits per heavy atom. The van der Waals surface area contributed by atoms with E-state index in [0.717, 1.165) is 43.1 Å². The molecule has 4 rings (SSSR count). The molecule has 2 aliphatic rings. The number of carbonyl (C=O) groups is 1. The molecule has 26 heavy (non-hydrogen) atoms. The van der Waals surface area contributed by atoms with Crippen LogP contribution in [-0.2, 0) is 11.2 Å². The zero-order valence-corrected chi connectivity index (χ0v) is 15.4. The smallest absolute Gasteiger partial charge is 0.224 e. The van der Waals surface area contributed by atoms with Gasteiger partial charge in [-0.25, -0.2) is 0 Å². The Bertz CT molecular complexity index is 767. The fourth-order valence-electron chi connectivity index (χ4n) is 3.83. The number of piperidine rings is 1. The number of nitrogens with one attached hydrogen (secondary N) is 1. The molecule has 2 heterocycles. The van der Waals surface area contributed by atoms with Crippen LogP contribution in [0.25, 0.3) is 0 Å². The van der Waals surface area contributed by atoms with Gasteiger partial charge in [0.05, 0.1) is 18.3 Å². The topological polar surface area (TPSA) is 45.2 Å². The van der Waals surface area contributed by atoms with E-state index in [1.54, 1.807) is 0 Å². The van der Waals surface area contributed by atoms with E-state index in [9.17, 15) is 4.79 Å². The van der Waals surface area contributed by atoms with Crippen LogP contribution in [0.2, 0.25) is 0 Å². The molecular weight excluding hydrogens is 322 g/mol. The Morgan fingerprint density at radius 2 is 2.00 bits per heavy atom. The Balaban J connectivity index is 1.32. The van der Waals surface area contributed by atoms with Crippen LogP contribution in [-0.4, -0.2) is 30.0 Å². The van der Waals surface area contributed by atoms with Gasteiger partial charge in [-0.15, -0.1) is 0 Å². The number of hydrogen-bond acceptors (Lipinski definition) is 3. The first-order chi connectivity index (χ1) is 12.7. The molecule has 1 aliphatic heterocycles. The third-order valence-corrected chi connectivity index (χ3v) is 5.41. The second-order valence-electron chi connectivity index (χ2n) is 7.77. The van der Waals surface area contributed by atoms with Gasteiger partial charge in [0.15, 0.2) is 0 Å². The summed E-state index contributed by atoms with van der Waals surface area (Å²) in [6.45, 7) is 3.95. The molecule has 4 heteroatoms. The lowest BCUT2D eigenvalue weighted by atomic mass is 10.0. The van der Waals surface area contributed by atoms with Crippen molar-refractivity contribution in [3.05, 3.63) is 59.4 Å². The van der Waals surface area contributed by atoms with Crippen molar-refractivity contribution in [2.75, 3.05) is 18.0 Å². The summed E-state index contributed by atoms with van der Waals surface area (Å²) in [7, 11) is 0. The largest absolute Gasteiger partial charge is 0.368 e. The highest BCUT2D eigenvalue weighted by molar-refractivity contribution is 5.79. The summed E-state index contributed by atoms with van der Waals surface area (Å²) in [5.41, 5.74) is 4.84. The van der Waals surface area contributed by atoms with Crippen molar-refractivity contribution in [1.29, 1.82) is 0 Å². The first kappa shape index (κ1) is 17.1. The lowest BCUT2D eigenvalue weighted by molar-refractivity contribution is -0.121. The molecule has 1 aliphatic carbocycles. The Labute approximate surface area is 155 Å². The van der Waals surface area contributed by atoms with E-state index in [4.69, 9.17) is 0 Å². The minimum atomic E-state index is 0.124. The third-order valence-electron chi connectivity index (χ3n) is 5.41. The highest BCUT2D eigenvalue weighted by atomic mass is 16.1. The molecule has 4 nitrogen and oxygen atoms in total. The van der Waals surface area contributed by atoms with Gasteiger partial charge in [0.2, 0.25) is 5.91 Å². The number of pyridine rings is 1. The second kappa shape index (κ2) is 7.48. The second-order valence-corrected chi connectivity index (χ2v) is 7.77. The first-order valence-corrected chi connectivity index (χ1v) is 9.72. The van der Waals surface area contributed by atoms with E-state index in [2.05, 4.69) is 52.5 Å². The van der Waals surface area contributed by atoms with Gasteiger partial charge in [0.1, 0.15) is 0 Å². The average molecular weight is 349 g/mol. The fraction of sp³-hybridized carbons (Fsp3) is 0.455. The number of rotatable bonds is 5. The maximum Gasteiger partial charge on any atom is 0.224 e. The van der Waals surface area contributed by atoms with Crippen molar-refractivity contribution < 1.29 is 4.79 Å². The van der Waals surface area contributed by atoms with Crippen LogP contribution in [0.15, 0.2) is 42.7 Å². The number of anilines is 1. The van der Waals surface area contributed by atoms with Crippen LogP contribution >= 0.6 is 0 Å². The molecule has 1 saturated heterocycles. The van der Waals surface area contributed by atoms with E-state index in [1.165, 1.54) is 24.0 Å². The number of amides is 1. The molecule has 0 unspecified atom stereocenters.